The molecule has 0 aromatic heterocycles. The summed E-state index contributed by atoms with van der Waals surface area (Å²) in [4.78, 5) is 14.4. The van der Waals surface area contributed by atoms with Crippen LogP contribution in [0.1, 0.15) is 12.0 Å². The van der Waals surface area contributed by atoms with Crippen molar-refractivity contribution in [2.24, 2.45) is 0 Å². The summed E-state index contributed by atoms with van der Waals surface area (Å²) in [6.07, 6.45) is 1.53. The summed E-state index contributed by atoms with van der Waals surface area (Å²) in [6.45, 7) is 1.69. The Labute approximate surface area is 110 Å². The fourth-order valence-corrected chi connectivity index (χ4v) is 2.53. The molecule has 1 amide bonds. The molecule has 1 aliphatic heterocycles. The van der Waals surface area contributed by atoms with Gasteiger partial charge in [0.1, 0.15) is 5.75 Å². The second-order valence-corrected chi connectivity index (χ2v) is 5.55. The van der Waals surface area contributed by atoms with Gasteiger partial charge < -0.3 is 9.64 Å². The topological polar surface area (TPSA) is 29.5 Å². The van der Waals surface area contributed by atoms with Crippen molar-refractivity contribution >= 4 is 21.8 Å². The zero-order valence-electron chi connectivity index (χ0n) is 9.86. The summed E-state index contributed by atoms with van der Waals surface area (Å²) in [5.74, 6) is 1.03. The lowest BCUT2D eigenvalue weighted by molar-refractivity contribution is -0.129. The molecule has 4 heteroatoms. The van der Waals surface area contributed by atoms with Gasteiger partial charge in [-0.25, -0.2) is 0 Å². The first-order valence-electron chi connectivity index (χ1n) is 5.74. The number of hydrogen-bond donors (Lipinski definition) is 0. The maximum absolute atomic E-state index is 12.0. The summed E-state index contributed by atoms with van der Waals surface area (Å²) in [6, 6.07) is 7.66. The van der Waals surface area contributed by atoms with E-state index in [9.17, 15) is 4.79 Å². The summed E-state index contributed by atoms with van der Waals surface area (Å²) >= 11 is 3.54. The minimum absolute atomic E-state index is 0.206. The zero-order chi connectivity index (χ0) is 12.3. The molecule has 0 aliphatic carbocycles. The fourth-order valence-electron chi connectivity index (χ4n) is 1.97. The van der Waals surface area contributed by atoms with Gasteiger partial charge in [-0.1, -0.05) is 28.1 Å². The predicted octanol–water partition coefficient (Wildman–Crippen LogP) is 2.23. The first kappa shape index (κ1) is 12.4. The number of likely N-dealkylation sites (tertiary alicyclic amines) is 1. The Hall–Kier alpha value is -1.03. The highest BCUT2D eigenvalue weighted by Gasteiger charge is 2.23. The molecule has 0 spiro atoms. The number of alkyl halides is 1. The number of nitrogens with zero attached hydrogens (tertiary/aromatic N) is 1. The van der Waals surface area contributed by atoms with Crippen molar-refractivity contribution in [3.05, 3.63) is 29.8 Å². The lowest BCUT2D eigenvalue weighted by Gasteiger charge is -2.15. The Morgan fingerprint density at radius 3 is 2.71 bits per heavy atom. The van der Waals surface area contributed by atoms with E-state index < -0.39 is 0 Å². The zero-order valence-corrected chi connectivity index (χ0v) is 11.4. The van der Waals surface area contributed by atoms with Crippen LogP contribution in [0.3, 0.4) is 0 Å². The second-order valence-electron chi connectivity index (χ2n) is 4.25. The van der Waals surface area contributed by atoms with Gasteiger partial charge in [0.25, 0.3) is 0 Å². The van der Waals surface area contributed by atoms with Crippen molar-refractivity contribution in [3.8, 4) is 5.75 Å². The van der Waals surface area contributed by atoms with E-state index in [1.54, 1.807) is 7.11 Å². The van der Waals surface area contributed by atoms with Crippen molar-refractivity contribution in [1.29, 1.82) is 0 Å². The molecule has 1 saturated heterocycles. The fraction of sp³-hybridized carbons (Fsp3) is 0.462. The van der Waals surface area contributed by atoms with Gasteiger partial charge in [0, 0.05) is 17.9 Å². The minimum atomic E-state index is 0.206. The molecule has 1 heterocycles. The Balaban J connectivity index is 1.93. The summed E-state index contributed by atoms with van der Waals surface area (Å²) < 4.78 is 5.09. The number of rotatable bonds is 3. The van der Waals surface area contributed by atoms with E-state index >= 15 is 0 Å². The number of methoxy groups -OCH3 is 1. The van der Waals surface area contributed by atoms with E-state index in [1.807, 2.05) is 29.2 Å². The normalized spacial score (nSPS) is 19.4. The molecule has 0 N–H and O–H groups in total. The van der Waals surface area contributed by atoms with Crippen LogP contribution >= 0.6 is 15.9 Å². The van der Waals surface area contributed by atoms with Gasteiger partial charge in [-0.05, 0) is 24.1 Å². The van der Waals surface area contributed by atoms with E-state index in [0.717, 1.165) is 30.8 Å². The minimum Gasteiger partial charge on any atom is -0.497 e. The molecule has 17 heavy (non-hydrogen) atoms. The number of benzene rings is 1. The lowest BCUT2D eigenvalue weighted by atomic mass is 10.1. The van der Waals surface area contributed by atoms with E-state index in [4.69, 9.17) is 4.74 Å². The van der Waals surface area contributed by atoms with E-state index in [1.165, 1.54) is 0 Å². The first-order valence-corrected chi connectivity index (χ1v) is 6.65. The third-order valence-corrected chi connectivity index (χ3v) is 3.75. The van der Waals surface area contributed by atoms with Gasteiger partial charge in [0.15, 0.2) is 0 Å². The number of carbonyl (C=O) groups excluding carboxylic acids is 1. The summed E-state index contributed by atoms with van der Waals surface area (Å²) in [5, 5.41) is 0. The summed E-state index contributed by atoms with van der Waals surface area (Å²) in [7, 11) is 1.64. The molecule has 1 fully saturated rings. The van der Waals surface area contributed by atoms with Gasteiger partial charge in [-0.2, -0.15) is 0 Å². The van der Waals surface area contributed by atoms with E-state index in [-0.39, 0.29) is 5.91 Å². The van der Waals surface area contributed by atoms with Gasteiger partial charge >= 0.3 is 0 Å². The van der Waals surface area contributed by atoms with Crippen LogP contribution in [-0.4, -0.2) is 35.8 Å². The molecule has 1 aliphatic rings. The van der Waals surface area contributed by atoms with Crippen molar-refractivity contribution in [3.63, 3.8) is 0 Å². The van der Waals surface area contributed by atoms with Crippen molar-refractivity contribution in [2.75, 3.05) is 20.2 Å². The molecule has 0 radical (unpaired) electrons. The third kappa shape index (κ3) is 3.22. The summed E-state index contributed by atoms with van der Waals surface area (Å²) in [5.41, 5.74) is 1.04. The molecule has 92 valence electrons. The Bertz CT molecular complexity index is 391. The SMILES string of the molecule is COc1ccc(CC(=O)N2CCC(Br)C2)cc1. The molecular formula is C13H16BrNO2. The number of ether oxygens (including phenoxy) is 1. The van der Waals surface area contributed by atoms with Crippen molar-refractivity contribution in [2.45, 2.75) is 17.7 Å². The van der Waals surface area contributed by atoms with Crippen LogP contribution < -0.4 is 4.74 Å². The van der Waals surface area contributed by atoms with Crippen LogP contribution in [0, 0.1) is 0 Å². The third-order valence-electron chi connectivity index (χ3n) is 3.00. The lowest BCUT2D eigenvalue weighted by Crippen LogP contribution is -2.30. The van der Waals surface area contributed by atoms with Gasteiger partial charge in [0.2, 0.25) is 5.91 Å². The van der Waals surface area contributed by atoms with Crippen molar-refractivity contribution < 1.29 is 9.53 Å². The van der Waals surface area contributed by atoms with Gasteiger partial charge in [-0.3, -0.25) is 4.79 Å². The average molecular weight is 298 g/mol. The monoisotopic (exact) mass is 297 g/mol. The molecule has 3 nitrogen and oxygen atoms in total. The molecule has 1 atom stereocenters. The van der Waals surface area contributed by atoms with E-state index in [0.29, 0.717) is 11.2 Å². The number of carbonyl (C=O) groups is 1. The largest absolute Gasteiger partial charge is 0.497 e. The predicted molar refractivity (Wildman–Crippen MR) is 70.6 cm³/mol. The van der Waals surface area contributed by atoms with Gasteiger partial charge in [0.05, 0.1) is 13.5 Å². The standard InChI is InChI=1S/C13H16BrNO2/c1-17-12-4-2-10(3-5-12)8-13(16)15-7-6-11(14)9-15/h2-5,11H,6-9H2,1H3. The highest BCUT2D eigenvalue weighted by atomic mass is 79.9. The number of amides is 1. The second kappa shape index (κ2) is 5.54. The highest BCUT2D eigenvalue weighted by Crippen LogP contribution is 2.18. The van der Waals surface area contributed by atoms with Crippen LogP contribution in [0.2, 0.25) is 0 Å². The molecule has 0 saturated carbocycles. The van der Waals surface area contributed by atoms with E-state index in [2.05, 4.69) is 15.9 Å². The van der Waals surface area contributed by atoms with Crippen molar-refractivity contribution in [1.82, 2.24) is 4.90 Å². The number of halogens is 1. The molecule has 1 unspecified atom stereocenters. The van der Waals surface area contributed by atoms with Crippen LogP contribution in [0.4, 0.5) is 0 Å². The highest BCUT2D eigenvalue weighted by molar-refractivity contribution is 9.09. The average Bonchev–Trinajstić information content (AvgIpc) is 2.77. The maximum atomic E-state index is 12.0. The van der Waals surface area contributed by atoms with Crippen LogP contribution in [0.5, 0.6) is 5.75 Å². The quantitative estimate of drug-likeness (QED) is 0.801. The van der Waals surface area contributed by atoms with Gasteiger partial charge in [-0.15, -0.1) is 0 Å². The Morgan fingerprint density at radius 1 is 1.47 bits per heavy atom. The molecule has 2 rings (SSSR count). The number of hydrogen-bond acceptors (Lipinski definition) is 2. The van der Waals surface area contributed by atoms with Crippen LogP contribution in [0.15, 0.2) is 24.3 Å². The van der Waals surface area contributed by atoms with Crippen LogP contribution in [-0.2, 0) is 11.2 Å². The Kier molecular flexibility index (Phi) is 4.05. The molecular weight excluding hydrogens is 282 g/mol. The Morgan fingerprint density at radius 2 is 2.18 bits per heavy atom. The molecule has 0 bridgehead atoms. The molecule has 1 aromatic carbocycles. The maximum Gasteiger partial charge on any atom is 0.227 e. The van der Waals surface area contributed by atoms with Crippen LogP contribution in [0.25, 0.3) is 0 Å². The first-order chi connectivity index (χ1) is 8.19. The molecule has 1 aromatic rings. The smallest absolute Gasteiger partial charge is 0.227 e.